The summed E-state index contributed by atoms with van der Waals surface area (Å²) < 4.78 is 11.0. The van der Waals surface area contributed by atoms with Gasteiger partial charge in [-0.2, -0.15) is 0 Å². The number of thioether (sulfide) groups is 1. The molecule has 3 aromatic rings. The van der Waals surface area contributed by atoms with Crippen LogP contribution in [-0.2, 0) is 12.8 Å². The molecule has 0 saturated carbocycles. The lowest BCUT2D eigenvalue weighted by Crippen LogP contribution is -2.07. The first-order valence-electron chi connectivity index (χ1n) is 8.91. The molecule has 1 aromatic heterocycles. The Balaban J connectivity index is 1.73. The third kappa shape index (κ3) is 4.39. The zero-order valence-electron chi connectivity index (χ0n) is 15.7. The average molecular weight is 382 g/mol. The summed E-state index contributed by atoms with van der Waals surface area (Å²) in [5.74, 6) is 1.37. The number of Topliss-reactive ketones (excluding diaryl/α,β-unsaturated/α-hetero) is 1. The van der Waals surface area contributed by atoms with Gasteiger partial charge in [0.05, 0.1) is 18.4 Å². The maximum absolute atomic E-state index is 12.7. The molecule has 0 bridgehead atoms. The number of nitrogens with zero attached hydrogens (tertiary/aromatic N) is 2. The maximum Gasteiger partial charge on any atom is 0.277 e. The van der Waals surface area contributed by atoms with Gasteiger partial charge >= 0.3 is 0 Å². The van der Waals surface area contributed by atoms with Crippen LogP contribution in [0.5, 0.6) is 5.75 Å². The van der Waals surface area contributed by atoms with Crippen molar-refractivity contribution in [3.05, 3.63) is 59.2 Å². The first-order valence-corrected chi connectivity index (χ1v) is 9.89. The van der Waals surface area contributed by atoms with Crippen LogP contribution >= 0.6 is 11.8 Å². The van der Waals surface area contributed by atoms with Gasteiger partial charge in [-0.15, -0.1) is 10.2 Å². The van der Waals surface area contributed by atoms with Crippen LogP contribution in [0.3, 0.4) is 0 Å². The van der Waals surface area contributed by atoms with Gasteiger partial charge in [-0.05, 0) is 42.2 Å². The topological polar surface area (TPSA) is 65.2 Å². The van der Waals surface area contributed by atoms with E-state index in [4.69, 9.17) is 9.15 Å². The summed E-state index contributed by atoms with van der Waals surface area (Å²) in [6.45, 7) is 4.14. The molecule has 2 aromatic carbocycles. The highest BCUT2D eigenvalue weighted by Gasteiger charge is 2.16. The highest BCUT2D eigenvalue weighted by Crippen LogP contribution is 2.30. The predicted molar refractivity (Wildman–Crippen MR) is 107 cm³/mol. The van der Waals surface area contributed by atoms with Crippen LogP contribution in [0.4, 0.5) is 0 Å². The largest absolute Gasteiger partial charge is 0.496 e. The molecule has 0 saturated heterocycles. The molecule has 0 fully saturated rings. The van der Waals surface area contributed by atoms with Crippen molar-refractivity contribution in [2.45, 2.75) is 31.9 Å². The Morgan fingerprint density at radius 3 is 2.67 bits per heavy atom. The minimum Gasteiger partial charge on any atom is -0.496 e. The van der Waals surface area contributed by atoms with E-state index in [1.165, 1.54) is 11.8 Å². The number of hydrogen-bond donors (Lipinski definition) is 0. The number of aryl methyl sites for hydroxylation is 2. The van der Waals surface area contributed by atoms with E-state index >= 15 is 0 Å². The van der Waals surface area contributed by atoms with Gasteiger partial charge < -0.3 is 9.15 Å². The van der Waals surface area contributed by atoms with E-state index in [0.29, 0.717) is 16.9 Å². The zero-order valence-corrected chi connectivity index (χ0v) is 16.5. The molecule has 0 unspecified atom stereocenters. The molecule has 0 aliphatic rings. The number of para-hydroxylation sites is 1. The van der Waals surface area contributed by atoms with Crippen LogP contribution in [0.2, 0.25) is 0 Å². The number of carbonyl (C=O) groups excluding carboxylic acids is 1. The molecular formula is C21H22N2O3S. The average Bonchev–Trinajstić information content (AvgIpc) is 3.20. The summed E-state index contributed by atoms with van der Waals surface area (Å²) in [5.41, 5.74) is 3.75. The standard InChI is InChI=1S/C21H22N2O3S/c1-4-14-10-11-15(5-2)17(12-14)18(24)13-27-21-23-22-20(26-21)16-8-6-7-9-19(16)25-3/h6-12H,4-5,13H2,1-3H3. The summed E-state index contributed by atoms with van der Waals surface area (Å²) >= 11 is 1.25. The van der Waals surface area contributed by atoms with Crippen molar-refractivity contribution in [3.8, 4) is 17.2 Å². The fourth-order valence-electron chi connectivity index (χ4n) is 2.81. The number of benzene rings is 2. The van der Waals surface area contributed by atoms with Crippen LogP contribution in [0.25, 0.3) is 11.5 Å². The van der Waals surface area contributed by atoms with E-state index in [0.717, 1.165) is 35.1 Å². The van der Waals surface area contributed by atoms with Crippen LogP contribution in [0.1, 0.15) is 35.3 Å². The lowest BCUT2D eigenvalue weighted by atomic mass is 9.98. The minimum absolute atomic E-state index is 0.0733. The lowest BCUT2D eigenvalue weighted by Gasteiger charge is -2.08. The van der Waals surface area contributed by atoms with Crippen LogP contribution < -0.4 is 4.74 Å². The monoisotopic (exact) mass is 382 g/mol. The molecule has 27 heavy (non-hydrogen) atoms. The number of aromatic nitrogens is 2. The highest BCUT2D eigenvalue weighted by molar-refractivity contribution is 7.99. The maximum atomic E-state index is 12.7. The molecule has 3 rings (SSSR count). The number of carbonyl (C=O) groups is 1. The van der Waals surface area contributed by atoms with E-state index in [-0.39, 0.29) is 11.5 Å². The van der Waals surface area contributed by atoms with Crippen molar-refractivity contribution in [2.24, 2.45) is 0 Å². The molecular weight excluding hydrogens is 360 g/mol. The zero-order chi connectivity index (χ0) is 19.2. The normalized spacial score (nSPS) is 10.8. The van der Waals surface area contributed by atoms with Crippen molar-refractivity contribution in [2.75, 3.05) is 12.9 Å². The van der Waals surface area contributed by atoms with Gasteiger partial charge in [-0.3, -0.25) is 4.79 Å². The Morgan fingerprint density at radius 1 is 1.11 bits per heavy atom. The molecule has 0 N–H and O–H groups in total. The Labute approximate surface area is 163 Å². The van der Waals surface area contributed by atoms with E-state index in [2.05, 4.69) is 30.1 Å². The molecule has 0 spiro atoms. The third-order valence-corrected chi connectivity index (χ3v) is 5.15. The smallest absolute Gasteiger partial charge is 0.277 e. The summed E-state index contributed by atoms with van der Waals surface area (Å²) in [6, 6.07) is 13.6. The SMILES string of the molecule is CCc1ccc(CC)c(C(=O)CSc2nnc(-c3ccccc3OC)o2)c1. The number of ether oxygens (including phenoxy) is 1. The lowest BCUT2D eigenvalue weighted by molar-refractivity contribution is 0.102. The first kappa shape index (κ1) is 19.2. The molecule has 0 aliphatic heterocycles. The number of methoxy groups -OCH3 is 1. The fraction of sp³-hybridized carbons (Fsp3) is 0.286. The fourth-order valence-corrected chi connectivity index (χ4v) is 3.46. The van der Waals surface area contributed by atoms with Crippen molar-refractivity contribution < 1.29 is 13.9 Å². The molecule has 0 amide bonds. The second kappa shape index (κ2) is 8.86. The van der Waals surface area contributed by atoms with Crippen LogP contribution in [0.15, 0.2) is 52.1 Å². The van der Waals surface area contributed by atoms with Gasteiger partial charge in [-0.25, -0.2) is 0 Å². The molecule has 1 heterocycles. The summed E-state index contributed by atoms with van der Waals surface area (Å²) in [4.78, 5) is 12.7. The highest BCUT2D eigenvalue weighted by atomic mass is 32.2. The van der Waals surface area contributed by atoms with E-state index < -0.39 is 0 Å². The third-order valence-electron chi connectivity index (χ3n) is 4.33. The Morgan fingerprint density at radius 2 is 1.93 bits per heavy atom. The van der Waals surface area contributed by atoms with Crippen LogP contribution in [-0.4, -0.2) is 28.8 Å². The first-order chi connectivity index (χ1) is 13.2. The van der Waals surface area contributed by atoms with E-state index in [1.807, 2.05) is 36.4 Å². The Kier molecular flexibility index (Phi) is 6.29. The summed E-state index contributed by atoms with van der Waals surface area (Å²) in [5, 5.41) is 8.50. The molecule has 0 atom stereocenters. The number of hydrogen-bond acceptors (Lipinski definition) is 6. The molecule has 6 heteroatoms. The van der Waals surface area contributed by atoms with Crippen molar-refractivity contribution in [3.63, 3.8) is 0 Å². The van der Waals surface area contributed by atoms with Gasteiger partial charge in [0, 0.05) is 5.56 Å². The molecule has 140 valence electrons. The second-order valence-electron chi connectivity index (χ2n) is 5.98. The van der Waals surface area contributed by atoms with E-state index in [1.54, 1.807) is 7.11 Å². The van der Waals surface area contributed by atoms with E-state index in [9.17, 15) is 4.79 Å². The predicted octanol–water partition coefficient (Wildman–Crippen LogP) is 4.85. The van der Waals surface area contributed by atoms with Crippen molar-refractivity contribution in [1.29, 1.82) is 0 Å². The Hall–Kier alpha value is -2.60. The van der Waals surface area contributed by atoms with Crippen LogP contribution in [0, 0.1) is 0 Å². The molecule has 0 radical (unpaired) electrons. The van der Waals surface area contributed by atoms with Crippen molar-refractivity contribution >= 4 is 17.5 Å². The van der Waals surface area contributed by atoms with Gasteiger partial charge in [0.25, 0.3) is 11.1 Å². The number of rotatable bonds is 8. The van der Waals surface area contributed by atoms with Gasteiger partial charge in [0.1, 0.15) is 5.75 Å². The Bertz CT molecular complexity index is 937. The van der Waals surface area contributed by atoms with Gasteiger partial charge in [-0.1, -0.05) is 49.9 Å². The second-order valence-corrected chi connectivity index (χ2v) is 6.91. The van der Waals surface area contributed by atoms with Crippen molar-refractivity contribution in [1.82, 2.24) is 10.2 Å². The summed E-state index contributed by atoms with van der Waals surface area (Å²) in [6.07, 6.45) is 1.73. The van der Waals surface area contributed by atoms with Gasteiger partial charge in [0.2, 0.25) is 0 Å². The number of ketones is 1. The molecule has 0 aliphatic carbocycles. The molecule has 5 nitrogen and oxygen atoms in total. The quantitative estimate of drug-likeness (QED) is 0.410. The summed E-state index contributed by atoms with van der Waals surface area (Å²) in [7, 11) is 1.60. The minimum atomic E-state index is 0.0733. The van der Waals surface area contributed by atoms with Gasteiger partial charge in [0.15, 0.2) is 5.78 Å².